The molecule has 4 rings (SSSR count). The van der Waals surface area contributed by atoms with E-state index in [-0.39, 0.29) is 12.0 Å². The highest BCUT2D eigenvalue weighted by atomic mass is 79.9. The third-order valence-corrected chi connectivity index (χ3v) is 5.55. The van der Waals surface area contributed by atoms with E-state index in [1.807, 2.05) is 73.7 Å². The van der Waals surface area contributed by atoms with Crippen molar-refractivity contribution in [3.8, 4) is 17.2 Å². The van der Waals surface area contributed by atoms with Gasteiger partial charge < -0.3 is 14.8 Å². The number of hydrogen-bond donors (Lipinski definition) is 1. The number of nitrogens with one attached hydrogen (secondary N) is 1. The maximum atomic E-state index is 12.4. The monoisotopic (exact) mass is 437 g/mol. The van der Waals surface area contributed by atoms with Crippen molar-refractivity contribution < 1.29 is 14.3 Å². The number of hydrogen-bond acceptors (Lipinski definition) is 3. The van der Waals surface area contributed by atoms with Crippen LogP contribution >= 0.6 is 15.9 Å². The average Bonchev–Trinajstić information content (AvgIpc) is 3.11. The zero-order valence-electron chi connectivity index (χ0n) is 15.4. The minimum atomic E-state index is -0.0942. The molecule has 1 aliphatic rings. The Morgan fingerprint density at radius 3 is 2.71 bits per heavy atom. The number of fused-ring (bicyclic) bond motifs is 1. The Bertz CT molecular complexity index is 1000. The predicted octanol–water partition coefficient (Wildman–Crippen LogP) is 5.28. The molecule has 1 heterocycles. The number of benzene rings is 3. The van der Waals surface area contributed by atoms with Gasteiger partial charge in [-0.05, 0) is 61.0 Å². The Morgan fingerprint density at radius 2 is 1.93 bits per heavy atom. The fraction of sp³-hybridized carbons (Fsp3) is 0.174. The van der Waals surface area contributed by atoms with Gasteiger partial charge in [-0.2, -0.15) is 0 Å². The van der Waals surface area contributed by atoms with E-state index in [2.05, 4.69) is 21.2 Å². The lowest BCUT2D eigenvalue weighted by molar-refractivity contribution is 0.0933. The van der Waals surface area contributed by atoms with Crippen molar-refractivity contribution in [2.24, 2.45) is 0 Å². The third-order valence-electron chi connectivity index (χ3n) is 4.66. The molecule has 0 radical (unpaired) electrons. The van der Waals surface area contributed by atoms with Gasteiger partial charge in [0, 0.05) is 22.0 Å². The van der Waals surface area contributed by atoms with Gasteiger partial charge in [-0.25, -0.2) is 0 Å². The first-order valence-electron chi connectivity index (χ1n) is 9.15. The summed E-state index contributed by atoms with van der Waals surface area (Å²) in [6.45, 7) is 2.42. The molecule has 1 unspecified atom stereocenters. The maximum absolute atomic E-state index is 12.4. The molecular formula is C23H20BrNO3. The van der Waals surface area contributed by atoms with Crippen LogP contribution in [0.5, 0.6) is 17.2 Å². The molecule has 0 saturated carbocycles. The number of amides is 1. The molecule has 5 heteroatoms. The van der Waals surface area contributed by atoms with Gasteiger partial charge in [0.2, 0.25) is 0 Å². The van der Waals surface area contributed by atoms with E-state index in [0.29, 0.717) is 12.1 Å². The molecule has 3 aromatic rings. The van der Waals surface area contributed by atoms with Crippen molar-refractivity contribution >= 4 is 21.8 Å². The molecule has 1 aliphatic heterocycles. The number of halogens is 1. The van der Waals surface area contributed by atoms with E-state index in [1.54, 1.807) is 0 Å². The smallest absolute Gasteiger partial charge is 0.251 e. The minimum Gasteiger partial charge on any atom is -0.488 e. The molecule has 0 saturated heterocycles. The van der Waals surface area contributed by atoms with Crippen LogP contribution in [0.4, 0.5) is 0 Å². The molecule has 3 aromatic carbocycles. The highest BCUT2D eigenvalue weighted by Gasteiger charge is 2.24. The number of rotatable bonds is 5. The van der Waals surface area contributed by atoms with Crippen molar-refractivity contribution in [3.05, 3.63) is 87.9 Å². The van der Waals surface area contributed by atoms with Crippen LogP contribution < -0.4 is 14.8 Å². The van der Waals surface area contributed by atoms with Gasteiger partial charge in [-0.15, -0.1) is 0 Å². The standard InChI is InChI=1S/C23H20BrNO3/c1-15-11-16(7-9-21(15)24)23(26)25-14-20-13-17-12-19(8-10-22(17)28-20)27-18-5-3-2-4-6-18/h2-12,20H,13-14H2,1H3,(H,25,26). The highest BCUT2D eigenvalue weighted by Crippen LogP contribution is 2.33. The summed E-state index contributed by atoms with van der Waals surface area (Å²) in [6.07, 6.45) is 0.656. The number of ether oxygens (including phenoxy) is 2. The summed E-state index contributed by atoms with van der Waals surface area (Å²) in [7, 11) is 0. The lowest BCUT2D eigenvalue weighted by Gasteiger charge is -2.12. The zero-order valence-corrected chi connectivity index (χ0v) is 17.0. The van der Waals surface area contributed by atoms with E-state index in [0.717, 1.165) is 39.3 Å². The zero-order chi connectivity index (χ0) is 19.5. The van der Waals surface area contributed by atoms with Crippen LogP contribution in [-0.2, 0) is 6.42 Å². The third kappa shape index (κ3) is 4.20. The molecule has 0 bridgehead atoms. The molecule has 0 spiro atoms. The van der Waals surface area contributed by atoms with E-state index in [9.17, 15) is 4.79 Å². The van der Waals surface area contributed by atoms with Crippen molar-refractivity contribution in [1.29, 1.82) is 0 Å². The second-order valence-electron chi connectivity index (χ2n) is 6.80. The van der Waals surface area contributed by atoms with E-state index in [4.69, 9.17) is 9.47 Å². The molecule has 1 atom stereocenters. The van der Waals surface area contributed by atoms with Crippen molar-refractivity contribution in [2.75, 3.05) is 6.54 Å². The number of carbonyl (C=O) groups excluding carboxylic acids is 1. The second-order valence-corrected chi connectivity index (χ2v) is 7.66. The van der Waals surface area contributed by atoms with Crippen molar-refractivity contribution in [2.45, 2.75) is 19.4 Å². The molecule has 28 heavy (non-hydrogen) atoms. The lowest BCUT2D eigenvalue weighted by atomic mass is 10.1. The summed E-state index contributed by atoms with van der Waals surface area (Å²) in [5.41, 5.74) is 2.77. The number of aryl methyl sites for hydroxylation is 1. The van der Waals surface area contributed by atoms with Gasteiger partial charge >= 0.3 is 0 Å². The molecule has 4 nitrogen and oxygen atoms in total. The Hall–Kier alpha value is -2.79. The Labute approximate surface area is 172 Å². The Kier molecular flexibility index (Phi) is 5.35. The largest absolute Gasteiger partial charge is 0.488 e. The van der Waals surface area contributed by atoms with Gasteiger partial charge in [0.1, 0.15) is 23.4 Å². The summed E-state index contributed by atoms with van der Waals surface area (Å²) in [5.74, 6) is 2.33. The highest BCUT2D eigenvalue weighted by molar-refractivity contribution is 9.10. The van der Waals surface area contributed by atoms with Gasteiger partial charge in [-0.1, -0.05) is 34.1 Å². The Morgan fingerprint density at radius 1 is 1.11 bits per heavy atom. The van der Waals surface area contributed by atoms with E-state index < -0.39 is 0 Å². The van der Waals surface area contributed by atoms with Gasteiger partial charge in [-0.3, -0.25) is 4.79 Å². The predicted molar refractivity (Wildman–Crippen MR) is 112 cm³/mol. The molecule has 0 aromatic heterocycles. The SMILES string of the molecule is Cc1cc(C(=O)NCC2Cc3cc(Oc4ccccc4)ccc3O2)ccc1Br. The lowest BCUT2D eigenvalue weighted by Crippen LogP contribution is -2.34. The first-order valence-corrected chi connectivity index (χ1v) is 9.94. The fourth-order valence-electron chi connectivity index (χ4n) is 3.19. The van der Waals surface area contributed by atoms with Crippen LogP contribution in [0.15, 0.2) is 71.2 Å². The van der Waals surface area contributed by atoms with Gasteiger partial charge in [0.25, 0.3) is 5.91 Å². The summed E-state index contributed by atoms with van der Waals surface area (Å²) >= 11 is 3.45. The second kappa shape index (κ2) is 8.07. The normalized spacial score (nSPS) is 14.9. The quantitative estimate of drug-likeness (QED) is 0.590. The van der Waals surface area contributed by atoms with Crippen LogP contribution in [-0.4, -0.2) is 18.6 Å². The van der Waals surface area contributed by atoms with Crippen LogP contribution in [0.1, 0.15) is 21.5 Å². The van der Waals surface area contributed by atoms with Crippen LogP contribution in [0.25, 0.3) is 0 Å². The summed E-state index contributed by atoms with van der Waals surface area (Å²) in [5, 5.41) is 2.97. The van der Waals surface area contributed by atoms with Crippen molar-refractivity contribution in [1.82, 2.24) is 5.32 Å². The fourth-order valence-corrected chi connectivity index (χ4v) is 3.44. The van der Waals surface area contributed by atoms with Crippen LogP contribution in [0.3, 0.4) is 0 Å². The van der Waals surface area contributed by atoms with E-state index >= 15 is 0 Å². The summed E-state index contributed by atoms with van der Waals surface area (Å²) in [6, 6.07) is 21.1. The van der Waals surface area contributed by atoms with Crippen LogP contribution in [0.2, 0.25) is 0 Å². The Balaban J connectivity index is 1.35. The van der Waals surface area contributed by atoms with Crippen molar-refractivity contribution in [3.63, 3.8) is 0 Å². The molecule has 142 valence electrons. The van der Waals surface area contributed by atoms with Crippen LogP contribution in [0, 0.1) is 6.92 Å². The topological polar surface area (TPSA) is 47.6 Å². The number of para-hydroxylation sites is 1. The first kappa shape index (κ1) is 18.6. The summed E-state index contributed by atoms with van der Waals surface area (Å²) < 4.78 is 12.8. The molecule has 1 N–H and O–H groups in total. The maximum Gasteiger partial charge on any atom is 0.251 e. The minimum absolute atomic E-state index is 0.0810. The molecular weight excluding hydrogens is 418 g/mol. The van der Waals surface area contributed by atoms with Gasteiger partial charge in [0.15, 0.2) is 0 Å². The van der Waals surface area contributed by atoms with Gasteiger partial charge in [0.05, 0.1) is 6.54 Å². The molecule has 1 amide bonds. The first-order chi connectivity index (χ1) is 13.6. The molecule has 0 fully saturated rings. The number of carbonyl (C=O) groups is 1. The molecule has 0 aliphatic carbocycles. The summed E-state index contributed by atoms with van der Waals surface area (Å²) in [4.78, 5) is 12.4. The van der Waals surface area contributed by atoms with E-state index in [1.165, 1.54) is 0 Å². The average molecular weight is 438 g/mol.